The van der Waals surface area contributed by atoms with Crippen LogP contribution in [0.1, 0.15) is 58.9 Å². The second-order valence-electron chi connectivity index (χ2n) is 8.07. The summed E-state index contributed by atoms with van der Waals surface area (Å²) in [7, 11) is 0. The molecule has 1 heterocycles. The van der Waals surface area contributed by atoms with E-state index in [1.165, 1.54) is 24.0 Å². The van der Waals surface area contributed by atoms with Gasteiger partial charge in [-0.15, -0.1) is 0 Å². The highest BCUT2D eigenvalue weighted by Gasteiger charge is 2.28. The van der Waals surface area contributed by atoms with E-state index in [0.717, 1.165) is 12.8 Å². The summed E-state index contributed by atoms with van der Waals surface area (Å²) in [5, 5.41) is 0. The summed E-state index contributed by atoms with van der Waals surface area (Å²) in [4.78, 5) is 14.4. The van der Waals surface area contributed by atoms with Crippen LogP contribution >= 0.6 is 0 Å². The Morgan fingerprint density at radius 2 is 1.88 bits per heavy atom. The topological polar surface area (TPSA) is 29.5 Å². The molecule has 1 amide bonds. The molecule has 0 N–H and O–H groups in total. The second-order valence-corrected chi connectivity index (χ2v) is 8.07. The molecule has 1 aromatic rings. The number of nitrogens with zero attached hydrogens (tertiary/aromatic N) is 1. The van der Waals surface area contributed by atoms with Crippen molar-refractivity contribution in [3.8, 4) is 0 Å². The minimum Gasteiger partial charge on any atom is -0.376 e. The van der Waals surface area contributed by atoms with Gasteiger partial charge in [0, 0.05) is 23.7 Å². The molecule has 3 nitrogen and oxygen atoms in total. The van der Waals surface area contributed by atoms with Gasteiger partial charge in [-0.1, -0.05) is 76.9 Å². The Bertz CT molecular complexity index is 625. The van der Waals surface area contributed by atoms with Gasteiger partial charge in [0.05, 0.1) is 13.2 Å². The summed E-state index contributed by atoms with van der Waals surface area (Å²) in [6.07, 6.45) is 10.7. The molecule has 0 saturated heterocycles. The molecule has 0 aromatic heterocycles. The molecule has 1 aliphatic heterocycles. The molecule has 0 radical (unpaired) electrons. The summed E-state index contributed by atoms with van der Waals surface area (Å²) in [5.74, 6) is 0.380. The Morgan fingerprint density at radius 1 is 1.15 bits per heavy atom. The fourth-order valence-electron chi connectivity index (χ4n) is 3.02. The third-order valence-electron chi connectivity index (χ3n) is 4.61. The summed E-state index contributed by atoms with van der Waals surface area (Å²) < 4.78 is 5.96. The van der Waals surface area contributed by atoms with E-state index in [1.807, 2.05) is 51.4 Å². The van der Waals surface area contributed by atoms with Crippen molar-refractivity contribution >= 4 is 5.91 Å². The molecule has 3 heteroatoms. The maximum absolute atomic E-state index is 12.6. The van der Waals surface area contributed by atoms with E-state index in [-0.39, 0.29) is 17.2 Å². The normalized spacial score (nSPS) is 17.3. The quantitative estimate of drug-likeness (QED) is 0.561. The van der Waals surface area contributed by atoms with Crippen LogP contribution in [0.2, 0.25) is 0 Å². The number of carbonyl (C=O) groups excluding carboxylic acids is 1. The van der Waals surface area contributed by atoms with E-state index in [2.05, 4.69) is 25.1 Å². The Morgan fingerprint density at radius 3 is 2.54 bits per heavy atom. The lowest BCUT2D eigenvalue weighted by Gasteiger charge is -2.30. The highest BCUT2D eigenvalue weighted by atomic mass is 16.5. The number of rotatable bonds is 8. The summed E-state index contributed by atoms with van der Waals surface area (Å²) in [6, 6.07) is 10.2. The molecule has 1 aromatic carbocycles. The predicted octanol–water partition coefficient (Wildman–Crippen LogP) is 5.69. The van der Waals surface area contributed by atoms with Crippen LogP contribution in [0, 0.1) is 11.3 Å². The van der Waals surface area contributed by atoms with Crippen molar-refractivity contribution in [3.05, 3.63) is 59.9 Å². The number of hydrogen-bond acceptors (Lipinski definition) is 2. The first-order chi connectivity index (χ1) is 12.4. The van der Waals surface area contributed by atoms with E-state index >= 15 is 0 Å². The van der Waals surface area contributed by atoms with Crippen LogP contribution in [0.5, 0.6) is 0 Å². The molecule has 26 heavy (non-hydrogen) atoms. The summed E-state index contributed by atoms with van der Waals surface area (Å²) in [6.45, 7) is 9.37. The van der Waals surface area contributed by atoms with Crippen molar-refractivity contribution < 1.29 is 9.53 Å². The molecule has 1 unspecified atom stereocenters. The Balaban J connectivity index is 1.99. The van der Waals surface area contributed by atoms with E-state index in [1.54, 1.807) is 4.90 Å². The zero-order valence-electron chi connectivity index (χ0n) is 16.7. The Hall–Kier alpha value is -1.87. The van der Waals surface area contributed by atoms with Crippen molar-refractivity contribution in [2.75, 3.05) is 6.61 Å². The van der Waals surface area contributed by atoms with Crippen LogP contribution in [-0.2, 0) is 16.1 Å². The van der Waals surface area contributed by atoms with E-state index in [9.17, 15) is 4.79 Å². The SMILES string of the molecule is CCCCCC1=CN(C(=O)C(C)(C)C)C=CC1COCc1ccccc1. The van der Waals surface area contributed by atoms with Gasteiger partial charge in [-0.3, -0.25) is 9.69 Å². The van der Waals surface area contributed by atoms with E-state index in [4.69, 9.17) is 4.74 Å². The molecule has 0 saturated carbocycles. The van der Waals surface area contributed by atoms with Gasteiger partial charge in [0.25, 0.3) is 0 Å². The van der Waals surface area contributed by atoms with Gasteiger partial charge >= 0.3 is 0 Å². The lowest BCUT2D eigenvalue weighted by atomic mass is 9.91. The second kappa shape index (κ2) is 9.72. The molecule has 1 aliphatic rings. The first-order valence-electron chi connectivity index (χ1n) is 9.75. The number of carbonyl (C=O) groups is 1. The Kier molecular flexibility index (Phi) is 7.65. The van der Waals surface area contributed by atoms with Gasteiger partial charge < -0.3 is 4.74 Å². The maximum atomic E-state index is 12.6. The zero-order valence-corrected chi connectivity index (χ0v) is 16.7. The van der Waals surface area contributed by atoms with Gasteiger partial charge in [0.2, 0.25) is 5.91 Å². The first kappa shape index (κ1) is 20.4. The smallest absolute Gasteiger partial charge is 0.235 e. The van der Waals surface area contributed by atoms with Gasteiger partial charge in [0.15, 0.2) is 0 Å². The van der Waals surface area contributed by atoms with Gasteiger partial charge in [-0.25, -0.2) is 0 Å². The number of benzene rings is 1. The summed E-state index contributed by atoms with van der Waals surface area (Å²) >= 11 is 0. The fraction of sp³-hybridized carbons (Fsp3) is 0.522. The first-order valence-corrected chi connectivity index (χ1v) is 9.75. The van der Waals surface area contributed by atoms with Crippen LogP contribution in [0.3, 0.4) is 0 Å². The molecule has 1 atom stereocenters. The van der Waals surface area contributed by atoms with Gasteiger partial charge in [-0.2, -0.15) is 0 Å². The molecule has 0 bridgehead atoms. The summed E-state index contributed by atoms with van der Waals surface area (Å²) in [5.41, 5.74) is 2.10. The monoisotopic (exact) mass is 355 g/mol. The number of ether oxygens (including phenoxy) is 1. The largest absolute Gasteiger partial charge is 0.376 e. The van der Waals surface area contributed by atoms with Crippen LogP contribution in [0.25, 0.3) is 0 Å². The Labute approximate surface area is 158 Å². The minimum absolute atomic E-state index is 0.130. The maximum Gasteiger partial charge on any atom is 0.235 e. The van der Waals surface area contributed by atoms with Crippen molar-refractivity contribution in [1.82, 2.24) is 4.90 Å². The number of amides is 1. The predicted molar refractivity (Wildman–Crippen MR) is 107 cm³/mol. The average molecular weight is 356 g/mol. The molecular formula is C23H33NO2. The highest BCUT2D eigenvalue weighted by Crippen LogP contribution is 2.28. The lowest BCUT2D eigenvalue weighted by molar-refractivity contribution is -0.134. The zero-order chi connectivity index (χ0) is 19.0. The van der Waals surface area contributed by atoms with Crippen LogP contribution < -0.4 is 0 Å². The van der Waals surface area contributed by atoms with Crippen LogP contribution in [0.15, 0.2) is 54.4 Å². The molecule has 2 rings (SSSR count). The average Bonchev–Trinajstić information content (AvgIpc) is 2.62. The van der Waals surface area contributed by atoms with E-state index < -0.39 is 0 Å². The molecule has 0 spiro atoms. The van der Waals surface area contributed by atoms with Crippen molar-refractivity contribution in [3.63, 3.8) is 0 Å². The fourth-order valence-corrected chi connectivity index (χ4v) is 3.02. The molecular weight excluding hydrogens is 322 g/mol. The van der Waals surface area contributed by atoms with Gasteiger partial charge in [-0.05, 0) is 24.0 Å². The third-order valence-corrected chi connectivity index (χ3v) is 4.61. The molecule has 142 valence electrons. The van der Waals surface area contributed by atoms with Crippen LogP contribution in [-0.4, -0.2) is 17.4 Å². The van der Waals surface area contributed by atoms with Crippen molar-refractivity contribution in [1.29, 1.82) is 0 Å². The van der Waals surface area contributed by atoms with Crippen molar-refractivity contribution in [2.45, 2.75) is 60.0 Å². The number of unbranched alkanes of at least 4 members (excludes halogenated alkanes) is 2. The highest BCUT2D eigenvalue weighted by molar-refractivity contribution is 5.83. The van der Waals surface area contributed by atoms with Gasteiger partial charge in [0.1, 0.15) is 0 Å². The molecule has 0 fully saturated rings. The van der Waals surface area contributed by atoms with Crippen molar-refractivity contribution in [2.24, 2.45) is 11.3 Å². The molecule has 0 aliphatic carbocycles. The number of hydrogen-bond donors (Lipinski definition) is 0. The lowest BCUT2D eigenvalue weighted by Crippen LogP contribution is -2.34. The third kappa shape index (κ3) is 6.14. The minimum atomic E-state index is -0.383. The standard InChI is InChI=1S/C23H33NO2/c1-5-6-8-13-20-16-24(22(25)23(2,3)4)15-14-21(20)18-26-17-19-11-9-7-10-12-19/h7,9-12,14-16,21H,5-6,8,13,17-18H2,1-4H3. The van der Waals surface area contributed by atoms with E-state index in [0.29, 0.717) is 13.2 Å². The van der Waals surface area contributed by atoms with Crippen LogP contribution in [0.4, 0.5) is 0 Å².